The van der Waals surface area contributed by atoms with Gasteiger partial charge in [-0.3, -0.25) is 24.7 Å². The van der Waals surface area contributed by atoms with Gasteiger partial charge in [0.05, 0.1) is 47.0 Å². The number of benzene rings is 3. The van der Waals surface area contributed by atoms with Gasteiger partial charge in [-0.1, -0.05) is 59.6 Å². The largest absolute Gasteiger partial charge is 0.496 e. The summed E-state index contributed by atoms with van der Waals surface area (Å²) in [4.78, 5) is 47.0. The number of carbonyl (C=O) groups excluding carboxylic acids is 3. The van der Waals surface area contributed by atoms with E-state index in [0.29, 0.717) is 85.8 Å². The average Bonchev–Trinajstić information content (AvgIpc) is 3.94. The molecule has 3 aromatic carbocycles. The number of piperazine rings is 1. The molecule has 1 N–H and O–H groups in total. The predicted octanol–water partition coefficient (Wildman–Crippen LogP) is 4.40. The SMILES string of the molecule is CCOC(=O)CN1CCN(NC(=O)C2(c3ccccc3)CCN(CCC3(c4ccc(Cl)c(Cl)c4)CCN(C(=O)c4cc(-n5cnnn5)ccc4OC)C3)CC2)CC1. The molecule has 3 saturated heterocycles. The van der Waals surface area contributed by atoms with Crippen molar-refractivity contribution in [1.82, 2.24) is 45.3 Å². The number of hydrogen-bond acceptors (Lipinski definition) is 11. The fraction of sp³-hybridized carbons (Fsp3) is 0.463. The summed E-state index contributed by atoms with van der Waals surface area (Å²) >= 11 is 13.0. The van der Waals surface area contributed by atoms with Gasteiger partial charge >= 0.3 is 5.97 Å². The van der Waals surface area contributed by atoms with Crippen LogP contribution in [0.2, 0.25) is 10.0 Å². The van der Waals surface area contributed by atoms with Crippen LogP contribution in [0.15, 0.2) is 73.1 Å². The standard InChI is InChI=1S/C41H49Cl2N9O5/c1-3-57-37(53)27-49-21-23-51(24-22-49)45-39(55)41(30-7-5-4-6-8-30)15-18-48(19-16-41)17-13-40(31-9-11-34(42)35(43)25-31)14-20-50(28-40)38(54)33-26-32(10-12-36(33)56-2)52-29-44-46-47-52/h4-12,25-26,29H,3,13-24,27-28H2,1-2H3,(H,45,55). The van der Waals surface area contributed by atoms with Crippen molar-refractivity contribution in [3.05, 3.63) is 99.8 Å². The minimum atomic E-state index is -0.687. The lowest BCUT2D eigenvalue weighted by molar-refractivity contribution is -0.145. The van der Waals surface area contributed by atoms with E-state index in [9.17, 15) is 14.4 Å². The normalized spacial score (nSPS) is 20.3. The minimum absolute atomic E-state index is 0.00370. The molecule has 3 aliphatic heterocycles. The zero-order chi connectivity index (χ0) is 40.0. The lowest BCUT2D eigenvalue weighted by Crippen LogP contribution is -2.59. The van der Waals surface area contributed by atoms with Crippen LogP contribution in [0, 0.1) is 0 Å². The molecule has 0 spiro atoms. The van der Waals surface area contributed by atoms with Crippen molar-refractivity contribution in [2.45, 2.75) is 43.4 Å². The van der Waals surface area contributed by atoms with Crippen molar-refractivity contribution >= 4 is 41.0 Å². The van der Waals surface area contributed by atoms with Crippen LogP contribution in [0.3, 0.4) is 0 Å². The maximum atomic E-state index is 14.3. The van der Waals surface area contributed by atoms with E-state index in [1.165, 1.54) is 11.0 Å². The summed E-state index contributed by atoms with van der Waals surface area (Å²) in [5, 5.41) is 14.4. The molecule has 3 aliphatic rings. The first kappa shape index (κ1) is 40.6. The molecule has 4 heterocycles. The number of hydrazine groups is 1. The summed E-state index contributed by atoms with van der Waals surface area (Å²) in [5.74, 6) is 0.111. The van der Waals surface area contributed by atoms with Crippen molar-refractivity contribution in [2.75, 3.05) is 79.2 Å². The Morgan fingerprint density at radius 3 is 2.30 bits per heavy atom. The first-order valence-corrected chi connectivity index (χ1v) is 20.3. The quantitative estimate of drug-likeness (QED) is 0.192. The van der Waals surface area contributed by atoms with Gasteiger partial charge in [0.2, 0.25) is 5.91 Å². The molecule has 0 aliphatic carbocycles. The summed E-state index contributed by atoms with van der Waals surface area (Å²) < 4.78 is 12.3. The summed E-state index contributed by atoms with van der Waals surface area (Å²) in [6.07, 6.45) is 4.32. The van der Waals surface area contributed by atoms with Crippen molar-refractivity contribution < 1.29 is 23.9 Å². The Bertz CT molecular complexity index is 2020. The highest BCUT2D eigenvalue weighted by Crippen LogP contribution is 2.42. The van der Waals surface area contributed by atoms with Gasteiger partial charge in [0.15, 0.2) is 0 Å². The van der Waals surface area contributed by atoms with Gasteiger partial charge in [0.25, 0.3) is 5.91 Å². The molecule has 0 bridgehead atoms. The first-order chi connectivity index (χ1) is 27.6. The van der Waals surface area contributed by atoms with Crippen LogP contribution >= 0.6 is 23.2 Å². The number of nitrogens with one attached hydrogen (secondary N) is 1. The monoisotopic (exact) mass is 817 g/mol. The molecular weight excluding hydrogens is 769 g/mol. The van der Waals surface area contributed by atoms with Crippen LogP contribution in [-0.2, 0) is 25.2 Å². The van der Waals surface area contributed by atoms with Crippen molar-refractivity contribution in [3.8, 4) is 11.4 Å². The Kier molecular flexibility index (Phi) is 12.7. The molecule has 16 heteroatoms. The van der Waals surface area contributed by atoms with Crippen molar-refractivity contribution in [2.24, 2.45) is 0 Å². The third-order valence-electron chi connectivity index (χ3n) is 11.9. The number of rotatable bonds is 13. The minimum Gasteiger partial charge on any atom is -0.496 e. The molecule has 4 aromatic rings. The average molecular weight is 819 g/mol. The van der Waals surface area contributed by atoms with Crippen LogP contribution in [-0.4, -0.2) is 137 Å². The number of esters is 1. The summed E-state index contributed by atoms with van der Waals surface area (Å²) in [7, 11) is 1.55. The lowest BCUT2D eigenvalue weighted by atomic mass is 9.71. The van der Waals surface area contributed by atoms with Gasteiger partial charge in [-0.15, -0.1) is 5.10 Å². The highest BCUT2D eigenvalue weighted by atomic mass is 35.5. The summed E-state index contributed by atoms with van der Waals surface area (Å²) in [6, 6.07) is 21.2. The molecule has 7 rings (SSSR count). The van der Waals surface area contributed by atoms with E-state index in [0.717, 1.165) is 43.6 Å². The Balaban J connectivity index is 1.04. The summed E-state index contributed by atoms with van der Waals surface area (Å²) in [6.45, 7) is 8.26. The molecule has 302 valence electrons. The fourth-order valence-electron chi connectivity index (χ4n) is 8.50. The highest BCUT2D eigenvalue weighted by molar-refractivity contribution is 6.42. The Morgan fingerprint density at radius 2 is 1.61 bits per heavy atom. The number of tetrazole rings is 1. The predicted molar refractivity (Wildman–Crippen MR) is 216 cm³/mol. The number of piperidine rings is 1. The van der Waals surface area contributed by atoms with Crippen LogP contribution in [0.1, 0.15) is 54.1 Å². The van der Waals surface area contributed by atoms with E-state index in [1.807, 2.05) is 46.3 Å². The first-order valence-electron chi connectivity index (χ1n) is 19.5. The Morgan fingerprint density at radius 1 is 0.842 bits per heavy atom. The number of halogens is 2. The Labute approximate surface area is 342 Å². The van der Waals surface area contributed by atoms with E-state index in [1.54, 1.807) is 32.2 Å². The third-order valence-corrected chi connectivity index (χ3v) is 12.6. The fourth-order valence-corrected chi connectivity index (χ4v) is 8.80. The summed E-state index contributed by atoms with van der Waals surface area (Å²) in [5.41, 5.74) is 5.32. The number of ether oxygens (including phenoxy) is 2. The molecule has 1 unspecified atom stereocenters. The van der Waals surface area contributed by atoms with E-state index in [2.05, 4.69) is 42.9 Å². The second-order valence-corrected chi connectivity index (χ2v) is 15.9. The highest BCUT2D eigenvalue weighted by Gasteiger charge is 2.46. The number of methoxy groups -OCH3 is 1. The second-order valence-electron chi connectivity index (χ2n) is 15.1. The molecule has 2 amide bonds. The van der Waals surface area contributed by atoms with Crippen LogP contribution in [0.25, 0.3) is 5.69 Å². The van der Waals surface area contributed by atoms with Gasteiger partial charge in [-0.25, -0.2) is 9.69 Å². The Hall–Kier alpha value is -4.60. The van der Waals surface area contributed by atoms with E-state index in [-0.39, 0.29) is 29.7 Å². The van der Waals surface area contributed by atoms with Gasteiger partial charge in [-0.05, 0) is 104 Å². The van der Waals surface area contributed by atoms with Gasteiger partial charge in [0.1, 0.15) is 12.1 Å². The maximum absolute atomic E-state index is 14.3. The molecule has 1 atom stereocenters. The smallest absolute Gasteiger partial charge is 0.320 e. The third kappa shape index (κ3) is 8.95. The van der Waals surface area contributed by atoms with E-state index < -0.39 is 5.41 Å². The molecule has 3 fully saturated rings. The zero-order valence-corrected chi connectivity index (χ0v) is 33.9. The number of nitrogens with zero attached hydrogens (tertiary/aromatic N) is 8. The lowest BCUT2D eigenvalue weighted by Gasteiger charge is -2.43. The maximum Gasteiger partial charge on any atom is 0.320 e. The van der Waals surface area contributed by atoms with Crippen LogP contribution in [0.5, 0.6) is 5.75 Å². The van der Waals surface area contributed by atoms with Crippen molar-refractivity contribution in [3.63, 3.8) is 0 Å². The van der Waals surface area contributed by atoms with Crippen LogP contribution < -0.4 is 10.2 Å². The molecular formula is C41H49Cl2N9O5. The number of likely N-dealkylation sites (tertiary alicyclic amines) is 2. The molecule has 0 radical (unpaired) electrons. The second kappa shape index (κ2) is 17.9. The molecule has 1 aromatic heterocycles. The number of amides is 2. The van der Waals surface area contributed by atoms with Gasteiger partial charge in [0, 0.05) is 44.7 Å². The zero-order valence-electron chi connectivity index (χ0n) is 32.4. The topological polar surface area (TPSA) is 138 Å². The van der Waals surface area contributed by atoms with Gasteiger partial charge in [-0.2, -0.15) is 0 Å². The molecule has 14 nitrogen and oxygen atoms in total. The number of carbonyl (C=O) groups is 3. The number of aromatic nitrogens is 4. The molecule has 0 saturated carbocycles. The molecule has 57 heavy (non-hydrogen) atoms. The van der Waals surface area contributed by atoms with Gasteiger partial charge < -0.3 is 19.3 Å². The van der Waals surface area contributed by atoms with E-state index in [4.69, 9.17) is 32.7 Å². The van der Waals surface area contributed by atoms with Crippen molar-refractivity contribution in [1.29, 1.82) is 0 Å². The van der Waals surface area contributed by atoms with E-state index >= 15 is 0 Å². The van der Waals surface area contributed by atoms with Crippen LogP contribution in [0.4, 0.5) is 0 Å². The number of hydrogen-bond donors (Lipinski definition) is 1.